The smallest absolute Gasteiger partial charge is 0.213 e. The molecule has 0 saturated carbocycles. The highest BCUT2D eigenvalue weighted by Crippen LogP contribution is 1.99. The lowest BCUT2D eigenvalue weighted by atomic mass is 10.4. The maximum Gasteiger partial charge on any atom is 0.213 e. The van der Waals surface area contributed by atoms with Crippen LogP contribution in [-0.4, -0.2) is 4.98 Å². The first-order chi connectivity index (χ1) is 5.33. The Hall–Kier alpha value is -1.38. The van der Waals surface area contributed by atoms with Gasteiger partial charge in [0.2, 0.25) is 5.95 Å². The highest BCUT2D eigenvalue weighted by molar-refractivity contribution is 5.03. The van der Waals surface area contributed by atoms with E-state index in [1.165, 1.54) is 12.3 Å². The predicted octanol–water partition coefficient (Wildman–Crippen LogP) is 1.88. The molecule has 0 aromatic carbocycles. The summed E-state index contributed by atoms with van der Waals surface area (Å²) in [5.74, 6) is -0.491. The van der Waals surface area contributed by atoms with Crippen LogP contribution in [0.15, 0.2) is 31.0 Å². The second-order valence-corrected chi connectivity index (χ2v) is 1.93. The second-order valence-electron chi connectivity index (χ2n) is 1.93. The van der Waals surface area contributed by atoms with Crippen molar-refractivity contribution in [2.75, 3.05) is 0 Å². The van der Waals surface area contributed by atoms with E-state index in [2.05, 4.69) is 11.6 Å². The lowest BCUT2D eigenvalue weighted by Crippen LogP contribution is -1.92. The molecule has 0 aliphatic carbocycles. The molecule has 11 heavy (non-hydrogen) atoms. The van der Waals surface area contributed by atoms with E-state index in [1.54, 1.807) is 12.1 Å². The molecule has 1 rings (SSSR count). The van der Waals surface area contributed by atoms with Crippen molar-refractivity contribution in [3.05, 3.63) is 42.7 Å². The molecule has 3 heteroatoms. The van der Waals surface area contributed by atoms with Crippen LogP contribution in [0.1, 0.15) is 5.69 Å². The molecule has 0 radical (unpaired) electrons. The average molecular weight is 153 g/mol. The molecule has 0 spiro atoms. The van der Waals surface area contributed by atoms with Crippen LogP contribution < -0.4 is 0 Å². The van der Waals surface area contributed by atoms with Crippen molar-refractivity contribution < 1.29 is 9.13 Å². The first-order valence-electron chi connectivity index (χ1n) is 3.17. The summed E-state index contributed by atoms with van der Waals surface area (Å²) in [4.78, 5) is 3.57. The summed E-state index contributed by atoms with van der Waals surface area (Å²) in [5, 5.41) is 0. The Kier molecular flexibility index (Phi) is 2.60. The van der Waals surface area contributed by atoms with Gasteiger partial charge in [-0.2, -0.15) is 4.39 Å². The van der Waals surface area contributed by atoms with Gasteiger partial charge < -0.3 is 4.74 Å². The van der Waals surface area contributed by atoms with Crippen LogP contribution in [0.2, 0.25) is 0 Å². The minimum atomic E-state index is -0.491. The van der Waals surface area contributed by atoms with Gasteiger partial charge in [-0.1, -0.05) is 12.6 Å². The highest BCUT2D eigenvalue weighted by atomic mass is 19.1. The average Bonchev–Trinajstić information content (AvgIpc) is 2.01. The molecule has 0 aliphatic heterocycles. The van der Waals surface area contributed by atoms with E-state index in [0.717, 1.165) is 0 Å². The fraction of sp³-hybridized carbons (Fsp3) is 0.125. The number of halogens is 1. The van der Waals surface area contributed by atoms with E-state index in [1.807, 2.05) is 0 Å². The summed E-state index contributed by atoms with van der Waals surface area (Å²) in [6.07, 6.45) is 1.30. The van der Waals surface area contributed by atoms with Gasteiger partial charge >= 0.3 is 0 Å². The molecule has 2 nitrogen and oxygen atoms in total. The van der Waals surface area contributed by atoms with Crippen LogP contribution in [0, 0.1) is 5.95 Å². The van der Waals surface area contributed by atoms with Gasteiger partial charge in [-0.3, -0.25) is 0 Å². The predicted molar refractivity (Wildman–Crippen MR) is 39.2 cm³/mol. The maximum atomic E-state index is 12.4. The lowest BCUT2D eigenvalue weighted by molar-refractivity contribution is 0.232. The second kappa shape index (κ2) is 3.71. The monoisotopic (exact) mass is 153 g/mol. The molecule has 58 valence electrons. The molecule has 0 saturated heterocycles. The fourth-order valence-corrected chi connectivity index (χ4v) is 0.675. The summed E-state index contributed by atoms with van der Waals surface area (Å²) in [5.41, 5.74) is 0.560. The molecule has 0 unspecified atom stereocenters. The molecule has 1 aromatic rings. The first-order valence-corrected chi connectivity index (χ1v) is 3.17. The number of aromatic nitrogens is 1. The molecule has 0 amide bonds. The summed E-state index contributed by atoms with van der Waals surface area (Å²) in [6.45, 7) is 3.62. The molecule has 0 N–H and O–H groups in total. The molecular weight excluding hydrogens is 145 g/mol. The first kappa shape index (κ1) is 7.72. The summed E-state index contributed by atoms with van der Waals surface area (Å²) >= 11 is 0. The molecule has 0 atom stereocenters. The SMILES string of the molecule is C=COCc1cccc(F)n1. The van der Waals surface area contributed by atoms with Crippen molar-refractivity contribution in [3.8, 4) is 0 Å². The quantitative estimate of drug-likeness (QED) is 0.488. The van der Waals surface area contributed by atoms with Gasteiger partial charge in [0, 0.05) is 0 Å². The number of hydrogen-bond donors (Lipinski definition) is 0. The van der Waals surface area contributed by atoms with Crippen molar-refractivity contribution in [1.29, 1.82) is 0 Å². The lowest BCUT2D eigenvalue weighted by Gasteiger charge is -1.98. The largest absolute Gasteiger partial charge is 0.496 e. The third-order valence-electron chi connectivity index (χ3n) is 1.12. The molecular formula is C8H8FNO. The van der Waals surface area contributed by atoms with Crippen LogP contribution in [0.5, 0.6) is 0 Å². The van der Waals surface area contributed by atoms with Crippen LogP contribution in [0.4, 0.5) is 4.39 Å². The van der Waals surface area contributed by atoms with Crippen molar-refractivity contribution in [1.82, 2.24) is 4.98 Å². The maximum absolute atomic E-state index is 12.4. The van der Waals surface area contributed by atoms with E-state index >= 15 is 0 Å². The number of pyridine rings is 1. The Labute approximate surface area is 64.3 Å². The molecule has 0 fully saturated rings. The summed E-state index contributed by atoms with van der Waals surface area (Å²) in [7, 11) is 0. The van der Waals surface area contributed by atoms with Crippen molar-refractivity contribution >= 4 is 0 Å². The highest BCUT2D eigenvalue weighted by Gasteiger charge is 1.94. The van der Waals surface area contributed by atoms with Gasteiger partial charge in [-0.25, -0.2) is 4.98 Å². The van der Waals surface area contributed by atoms with Crippen molar-refractivity contribution in [2.45, 2.75) is 6.61 Å². The van der Waals surface area contributed by atoms with Gasteiger partial charge in [-0.15, -0.1) is 0 Å². The zero-order valence-electron chi connectivity index (χ0n) is 5.96. The zero-order chi connectivity index (χ0) is 8.10. The number of nitrogens with zero attached hydrogens (tertiary/aromatic N) is 1. The minimum Gasteiger partial charge on any atom is -0.496 e. The van der Waals surface area contributed by atoms with Crippen LogP contribution in [-0.2, 0) is 11.3 Å². The summed E-state index contributed by atoms with van der Waals surface area (Å²) in [6, 6.07) is 4.56. The third kappa shape index (κ3) is 2.37. The van der Waals surface area contributed by atoms with Gasteiger partial charge in [0.1, 0.15) is 6.61 Å². The molecule has 0 aliphatic rings. The topological polar surface area (TPSA) is 22.1 Å². The van der Waals surface area contributed by atoms with Crippen LogP contribution >= 0.6 is 0 Å². The Morgan fingerprint density at radius 1 is 1.64 bits per heavy atom. The Morgan fingerprint density at radius 2 is 2.45 bits per heavy atom. The van der Waals surface area contributed by atoms with Gasteiger partial charge in [0.25, 0.3) is 0 Å². The van der Waals surface area contributed by atoms with E-state index in [9.17, 15) is 4.39 Å². The number of hydrogen-bond acceptors (Lipinski definition) is 2. The van der Waals surface area contributed by atoms with Crippen molar-refractivity contribution in [2.24, 2.45) is 0 Å². The fourth-order valence-electron chi connectivity index (χ4n) is 0.675. The Bertz CT molecular complexity index is 250. The molecule has 1 aromatic heterocycles. The summed E-state index contributed by atoms with van der Waals surface area (Å²) < 4.78 is 17.2. The minimum absolute atomic E-state index is 0.265. The van der Waals surface area contributed by atoms with Gasteiger partial charge in [-0.05, 0) is 12.1 Å². The van der Waals surface area contributed by atoms with Crippen molar-refractivity contribution in [3.63, 3.8) is 0 Å². The van der Waals surface area contributed by atoms with E-state index in [4.69, 9.17) is 4.74 Å². The number of rotatable bonds is 3. The third-order valence-corrected chi connectivity index (χ3v) is 1.12. The van der Waals surface area contributed by atoms with Crippen LogP contribution in [0.25, 0.3) is 0 Å². The van der Waals surface area contributed by atoms with E-state index < -0.39 is 5.95 Å². The normalized spacial score (nSPS) is 9.18. The van der Waals surface area contributed by atoms with E-state index in [0.29, 0.717) is 5.69 Å². The van der Waals surface area contributed by atoms with E-state index in [-0.39, 0.29) is 6.61 Å². The number of ether oxygens (including phenoxy) is 1. The molecule has 0 bridgehead atoms. The molecule has 1 heterocycles. The zero-order valence-corrected chi connectivity index (χ0v) is 5.96. The Morgan fingerprint density at radius 3 is 3.09 bits per heavy atom. The van der Waals surface area contributed by atoms with Crippen LogP contribution in [0.3, 0.4) is 0 Å². The van der Waals surface area contributed by atoms with Gasteiger partial charge in [0.05, 0.1) is 12.0 Å². The van der Waals surface area contributed by atoms with Gasteiger partial charge in [0.15, 0.2) is 0 Å². The standard InChI is InChI=1S/C8H8FNO/c1-2-11-6-7-4-3-5-8(9)10-7/h2-5H,1,6H2. The Balaban J connectivity index is 2.63.